The summed E-state index contributed by atoms with van der Waals surface area (Å²) in [7, 11) is -3.51. The van der Waals surface area contributed by atoms with Crippen LogP contribution in [-0.2, 0) is 14.5 Å². The number of aryl methyl sites for hydroxylation is 2. The predicted octanol–water partition coefficient (Wildman–Crippen LogP) is 7.45. The van der Waals surface area contributed by atoms with Crippen molar-refractivity contribution in [3.8, 4) is 6.07 Å². The minimum atomic E-state index is -3.51. The maximum atomic E-state index is 15.4. The van der Waals surface area contributed by atoms with Gasteiger partial charge in [0.25, 0.3) is 5.91 Å². The first-order chi connectivity index (χ1) is 24.0. The second-order valence-corrected chi connectivity index (χ2v) is 16.9. The maximum Gasteiger partial charge on any atom is 0.442 e. The first-order valence-corrected chi connectivity index (χ1v) is 19.3. The van der Waals surface area contributed by atoms with Crippen LogP contribution in [0.2, 0.25) is 0 Å². The number of nitrogens with zero attached hydrogens (tertiary/aromatic N) is 5. The number of rotatable bonds is 6. The Morgan fingerprint density at radius 3 is 2.29 bits per heavy atom. The standard InChI is InChI=1S/C39H49FN6O4S/c1-25-22-26(2)35(42-30-16-18-44(19-17-30)32-14-10-9-12-29(32)23-41)28(4)34(25)37(47)46-21-20-45(24-27(46)3)33-15-11-13-31(40)36(33)51(8,49)43-38(48)50-39(5,6)7/h9-15,22,27,30,42H,16-21,24H2,1-8H3/t27-,51?/m0/s1. The molecule has 10 nitrogen and oxygen atoms in total. The lowest BCUT2D eigenvalue weighted by molar-refractivity contribution is 0.0606. The number of halogens is 1. The molecule has 2 aliphatic rings. The number of piperazine rings is 1. The Hall–Kier alpha value is -4.63. The molecule has 0 radical (unpaired) electrons. The quantitative estimate of drug-likeness (QED) is 0.280. The van der Waals surface area contributed by atoms with Gasteiger partial charge in [-0.1, -0.05) is 24.3 Å². The van der Waals surface area contributed by atoms with Gasteiger partial charge in [0.2, 0.25) is 0 Å². The third kappa shape index (κ3) is 8.30. The van der Waals surface area contributed by atoms with Gasteiger partial charge < -0.3 is 24.8 Å². The minimum absolute atomic E-state index is 0.0678. The molecule has 1 N–H and O–H groups in total. The Labute approximate surface area is 301 Å². The summed E-state index contributed by atoms with van der Waals surface area (Å²) >= 11 is 0. The first kappa shape index (κ1) is 37.6. The van der Waals surface area contributed by atoms with E-state index in [2.05, 4.69) is 33.6 Å². The van der Waals surface area contributed by atoms with Crippen molar-refractivity contribution >= 4 is 38.8 Å². The fourth-order valence-corrected chi connectivity index (χ4v) is 8.69. The monoisotopic (exact) mass is 716 g/mol. The zero-order chi connectivity index (χ0) is 37.2. The topological polar surface area (TPSA) is 118 Å². The molecule has 0 aromatic heterocycles. The third-order valence-corrected chi connectivity index (χ3v) is 11.2. The summed E-state index contributed by atoms with van der Waals surface area (Å²) in [5.41, 5.74) is 5.72. The van der Waals surface area contributed by atoms with E-state index in [1.807, 2.05) is 54.8 Å². The summed E-state index contributed by atoms with van der Waals surface area (Å²) in [6.07, 6.45) is 2.02. The van der Waals surface area contributed by atoms with Crippen LogP contribution in [0.4, 0.5) is 26.2 Å². The van der Waals surface area contributed by atoms with E-state index in [4.69, 9.17) is 4.74 Å². The first-order valence-electron chi connectivity index (χ1n) is 17.4. The molecule has 51 heavy (non-hydrogen) atoms. The number of ether oxygens (including phenoxy) is 1. The number of piperidine rings is 1. The molecule has 3 aromatic rings. The number of amides is 2. The van der Waals surface area contributed by atoms with Crippen LogP contribution in [0, 0.1) is 37.9 Å². The molecule has 3 aromatic carbocycles. The van der Waals surface area contributed by atoms with Gasteiger partial charge >= 0.3 is 6.09 Å². The van der Waals surface area contributed by atoms with Gasteiger partial charge in [-0.05, 0) is 102 Å². The molecule has 272 valence electrons. The van der Waals surface area contributed by atoms with E-state index < -0.39 is 27.2 Å². The smallest absolute Gasteiger partial charge is 0.442 e. The van der Waals surface area contributed by atoms with Crippen molar-refractivity contribution in [1.82, 2.24) is 4.90 Å². The van der Waals surface area contributed by atoms with Crippen LogP contribution < -0.4 is 15.1 Å². The second kappa shape index (κ2) is 14.9. The minimum Gasteiger partial charge on any atom is -0.442 e. The Morgan fingerprint density at radius 2 is 1.65 bits per heavy atom. The highest BCUT2D eigenvalue weighted by Gasteiger charge is 2.33. The molecule has 0 aliphatic carbocycles. The molecular formula is C39H49FN6O4S. The number of benzene rings is 3. The van der Waals surface area contributed by atoms with Gasteiger partial charge in [-0.25, -0.2) is 13.4 Å². The number of hydrogen-bond acceptors (Lipinski definition) is 8. The van der Waals surface area contributed by atoms with Crippen LogP contribution in [0.3, 0.4) is 0 Å². The van der Waals surface area contributed by atoms with Gasteiger partial charge in [0.05, 0.1) is 26.7 Å². The normalized spacial score (nSPS) is 18.1. The number of anilines is 3. The Morgan fingerprint density at radius 1 is 0.980 bits per heavy atom. The molecule has 0 bridgehead atoms. The maximum absolute atomic E-state index is 15.4. The van der Waals surface area contributed by atoms with Crippen molar-refractivity contribution in [3.63, 3.8) is 0 Å². The highest BCUT2D eigenvalue weighted by Crippen LogP contribution is 2.34. The summed E-state index contributed by atoms with van der Waals surface area (Å²) in [5, 5.41) is 13.3. The van der Waals surface area contributed by atoms with Gasteiger partial charge in [-0.3, -0.25) is 4.79 Å². The van der Waals surface area contributed by atoms with Crippen LogP contribution in [0.5, 0.6) is 0 Å². The molecule has 2 atom stereocenters. The fourth-order valence-electron chi connectivity index (χ4n) is 7.26. The zero-order valence-electron chi connectivity index (χ0n) is 30.9. The average molecular weight is 717 g/mol. The van der Waals surface area contributed by atoms with E-state index in [1.165, 1.54) is 12.3 Å². The molecule has 0 saturated carbocycles. The summed E-state index contributed by atoms with van der Waals surface area (Å²) < 4.78 is 38.2. The van der Waals surface area contributed by atoms with Gasteiger partial charge in [0, 0.05) is 62.3 Å². The molecule has 5 rings (SSSR count). The van der Waals surface area contributed by atoms with Crippen molar-refractivity contribution in [3.05, 3.63) is 82.2 Å². The van der Waals surface area contributed by atoms with E-state index in [0.717, 1.165) is 54.0 Å². The van der Waals surface area contributed by atoms with E-state index in [-0.39, 0.29) is 22.9 Å². The molecular weight excluding hydrogens is 668 g/mol. The van der Waals surface area contributed by atoms with Crippen LogP contribution in [0.25, 0.3) is 0 Å². The largest absolute Gasteiger partial charge is 0.442 e. The lowest BCUT2D eigenvalue weighted by Gasteiger charge is -2.42. The molecule has 2 saturated heterocycles. The molecule has 2 heterocycles. The molecule has 2 fully saturated rings. The highest BCUT2D eigenvalue weighted by atomic mass is 32.2. The van der Waals surface area contributed by atoms with E-state index >= 15 is 4.39 Å². The lowest BCUT2D eigenvalue weighted by atomic mass is 9.94. The summed E-state index contributed by atoms with van der Waals surface area (Å²) in [5.74, 6) is -0.788. The molecule has 1 unspecified atom stereocenters. The number of hydrogen-bond donors (Lipinski definition) is 1. The van der Waals surface area contributed by atoms with E-state index in [0.29, 0.717) is 36.4 Å². The number of carbonyl (C=O) groups is 2. The molecule has 2 amide bonds. The van der Waals surface area contributed by atoms with Crippen molar-refractivity contribution in [1.29, 1.82) is 5.26 Å². The summed E-state index contributed by atoms with van der Waals surface area (Å²) in [6, 6.07) is 16.5. The third-order valence-electron chi connectivity index (χ3n) is 9.59. The summed E-state index contributed by atoms with van der Waals surface area (Å²) in [4.78, 5) is 32.7. The van der Waals surface area contributed by atoms with Crippen molar-refractivity contribution in [2.75, 3.05) is 54.1 Å². The van der Waals surface area contributed by atoms with Gasteiger partial charge in [0.15, 0.2) is 0 Å². The number of nitriles is 1. The van der Waals surface area contributed by atoms with Crippen LogP contribution >= 0.6 is 0 Å². The number of carbonyl (C=O) groups excluding carboxylic acids is 2. The van der Waals surface area contributed by atoms with E-state index in [9.17, 15) is 19.1 Å². The zero-order valence-corrected chi connectivity index (χ0v) is 31.7. The van der Waals surface area contributed by atoms with Crippen LogP contribution in [0.15, 0.2) is 57.8 Å². The van der Waals surface area contributed by atoms with Gasteiger partial charge in [-0.15, -0.1) is 4.36 Å². The Balaban J connectivity index is 1.32. The van der Waals surface area contributed by atoms with Crippen molar-refractivity contribution in [2.45, 2.75) is 83.9 Å². The second-order valence-electron chi connectivity index (χ2n) is 14.7. The highest BCUT2D eigenvalue weighted by molar-refractivity contribution is 7.93. The van der Waals surface area contributed by atoms with Gasteiger partial charge in [-0.2, -0.15) is 5.26 Å². The predicted molar refractivity (Wildman–Crippen MR) is 201 cm³/mol. The average Bonchev–Trinajstić information content (AvgIpc) is 3.05. The van der Waals surface area contributed by atoms with Crippen LogP contribution in [0.1, 0.15) is 73.1 Å². The summed E-state index contributed by atoms with van der Waals surface area (Å²) in [6.45, 7) is 15.8. The molecule has 0 spiro atoms. The molecule has 12 heteroatoms. The SMILES string of the molecule is Cc1cc(C)c(C(=O)N2CCN(c3cccc(F)c3S(C)(=O)=NC(=O)OC(C)(C)C)C[C@@H]2C)c(C)c1NC1CCN(c2ccccc2C#N)CC1. The Kier molecular flexibility index (Phi) is 11.0. The number of nitrogens with one attached hydrogen (secondary N) is 1. The van der Waals surface area contributed by atoms with E-state index in [1.54, 1.807) is 32.9 Å². The van der Waals surface area contributed by atoms with Crippen molar-refractivity contribution in [2.24, 2.45) is 4.36 Å². The fraction of sp³-hybridized carbons (Fsp3) is 0.462. The van der Waals surface area contributed by atoms with Gasteiger partial charge in [0.1, 0.15) is 22.4 Å². The van der Waals surface area contributed by atoms with Crippen molar-refractivity contribution < 1.29 is 22.9 Å². The molecule has 2 aliphatic heterocycles. The number of para-hydroxylation sites is 1. The Bertz CT molecular complexity index is 1990. The van der Waals surface area contributed by atoms with Crippen LogP contribution in [-0.4, -0.2) is 77.8 Å². The lowest BCUT2D eigenvalue weighted by Crippen LogP contribution is -2.54.